The molecule has 0 bridgehead atoms. The molecule has 4 nitrogen and oxygen atoms in total. The van der Waals surface area contributed by atoms with Crippen molar-refractivity contribution in [3.05, 3.63) is 64.2 Å². The van der Waals surface area contributed by atoms with Crippen molar-refractivity contribution in [3.63, 3.8) is 0 Å². The van der Waals surface area contributed by atoms with Crippen LogP contribution in [0.3, 0.4) is 0 Å². The molecule has 0 radical (unpaired) electrons. The van der Waals surface area contributed by atoms with E-state index in [4.69, 9.17) is 0 Å². The zero-order chi connectivity index (χ0) is 19.4. The Balaban J connectivity index is 2.20. The molecule has 2 N–H and O–H groups in total. The topological polar surface area (TPSA) is 58.2 Å². The van der Waals surface area contributed by atoms with Crippen LogP contribution in [0.1, 0.15) is 29.2 Å². The molecule has 2 amide bonds. The van der Waals surface area contributed by atoms with Gasteiger partial charge in [-0.2, -0.15) is 0 Å². The van der Waals surface area contributed by atoms with Gasteiger partial charge in [-0.05, 0) is 55.2 Å². The largest absolute Gasteiger partial charge is 0.324 e. The van der Waals surface area contributed by atoms with Gasteiger partial charge in [0.25, 0.3) is 0 Å². The van der Waals surface area contributed by atoms with Crippen LogP contribution in [0.4, 0.5) is 20.2 Å². The van der Waals surface area contributed by atoms with Gasteiger partial charge in [-0.3, -0.25) is 9.59 Å². The SMILES string of the molecule is CC(=O)Nc1cc(NC(=O)/C=C/c2cc(C)c(C)cc2C)c(F)cc1F. The summed E-state index contributed by atoms with van der Waals surface area (Å²) in [5.74, 6) is -2.92. The quantitative estimate of drug-likeness (QED) is 0.791. The average molecular weight is 358 g/mol. The molecule has 0 aliphatic heterocycles. The van der Waals surface area contributed by atoms with Gasteiger partial charge in [0.1, 0.15) is 11.6 Å². The summed E-state index contributed by atoms with van der Waals surface area (Å²) in [4.78, 5) is 23.1. The van der Waals surface area contributed by atoms with Gasteiger partial charge in [-0.1, -0.05) is 12.1 Å². The molecule has 0 saturated heterocycles. The van der Waals surface area contributed by atoms with Gasteiger partial charge in [0, 0.05) is 19.1 Å². The number of aryl methyl sites for hydroxylation is 3. The second kappa shape index (κ2) is 7.91. The van der Waals surface area contributed by atoms with Crippen molar-refractivity contribution in [3.8, 4) is 0 Å². The highest BCUT2D eigenvalue weighted by molar-refractivity contribution is 6.02. The lowest BCUT2D eigenvalue weighted by Crippen LogP contribution is -2.12. The Bertz CT molecular complexity index is 905. The number of benzene rings is 2. The van der Waals surface area contributed by atoms with Crippen LogP contribution in [0.25, 0.3) is 6.08 Å². The van der Waals surface area contributed by atoms with E-state index in [2.05, 4.69) is 10.6 Å². The predicted molar refractivity (Wildman–Crippen MR) is 99.0 cm³/mol. The standard InChI is InChI=1S/C20H20F2N2O2/c1-11-7-13(3)15(8-12(11)2)5-6-20(26)24-19-10-18(23-14(4)25)16(21)9-17(19)22/h5-10H,1-4H3,(H,23,25)(H,24,26)/b6-5+. The molecule has 2 aromatic rings. The molecular formula is C20H20F2N2O2. The van der Waals surface area contributed by atoms with Crippen molar-refractivity contribution < 1.29 is 18.4 Å². The number of halogens is 2. The Morgan fingerprint density at radius 3 is 2.04 bits per heavy atom. The first kappa shape index (κ1) is 19.3. The van der Waals surface area contributed by atoms with E-state index in [1.165, 1.54) is 13.0 Å². The molecule has 0 fully saturated rings. The molecule has 0 unspecified atom stereocenters. The fourth-order valence-corrected chi connectivity index (χ4v) is 2.43. The minimum Gasteiger partial charge on any atom is -0.324 e. The highest BCUT2D eigenvalue weighted by Crippen LogP contribution is 2.24. The normalized spacial score (nSPS) is 10.8. The molecule has 0 spiro atoms. The lowest BCUT2D eigenvalue weighted by molar-refractivity contribution is -0.114. The smallest absolute Gasteiger partial charge is 0.248 e. The maximum absolute atomic E-state index is 13.9. The number of anilines is 2. The third-order valence-electron chi connectivity index (χ3n) is 3.92. The lowest BCUT2D eigenvalue weighted by atomic mass is 10.0. The van der Waals surface area contributed by atoms with E-state index >= 15 is 0 Å². The van der Waals surface area contributed by atoms with E-state index in [0.717, 1.165) is 28.3 Å². The molecule has 0 saturated carbocycles. The molecule has 6 heteroatoms. The molecule has 0 atom stereocenters. The summed E-state index contributed by atoms with van der Waals surface area (Å²) in [6.45, 7) is 7.12. The monoisotopic (exact) mass is 358 g/mol. The Labute approximate surface area is 150 Å². The van der Waals surface area contributed by atoms with E-state index < -0.39 is 23.4 Å². The molecule has 0 aromatic heterocycles. The Morgan fingerprint density at radius 1 is 0.846 bits per heavy atom. The Hall–Kier alpha value is -3.02. The molecule has 136 valence electrons. The van der Waals surface area contributed by atoms with Crippen molar-refractivity contribution in [2.24, 2.45) is 0 Å². The number of carbonyl (C=O) groups is 2. The summed E-state index contributed by atoms with van der Waals surface area (Å²) in [7, 11) is 0. The van der Waals surface area contributed by atoms with Crippen LogP contribution in [-0.4, -0.2) is 11.8 Å². The molecule has 0 aliphatic rings. The zero-order valence-corrected chi connectivity index (χ0v) is 15.0. The molecule has 26 heavy (non-hydrogen) atoms. The van der Waals surface area contributed by atoms with Crippen LogP contribution in [0, 0.1) is 32.4 Å². The summed E-state index contributed by atoms with van der Waals surface area (Å²) >= 11 is 0. The summed E-state index contributed by atoms with van der Waals surface area (Å²) < 4.78 is 27.5. The number of hydrogen-bond acceptors (Lipinski definition) is 2. The predicted octanol–water partition coefficient (Wildman–Crippen LogP) is 4.50. The maximum atomic E-state index is 13.9. The van der Waals surface area contributed by atoms with Crippen molar-refractivity contribution in [2.75, 3.05) is 10.6 Å². The molecule has 0 heterocycles. The van der Waals surface area contributed by atoms with Crippen LogP contribution in [0.15, 0.2) is 30.3 Å². The number of rotatable bonds is 4. The fraction of sp³-hybridized carbons (Fsp3) is 0.200. The van der Waals surface area contributed by atoms with Crippen molar-refractivity contribution in [2.45, 2.75) is 27.7 Å². The third kappa shape index (κ3) is 4.75. The summed E-state index contributed by atoms with van der Waals surface area (Å²) in [6.07, 6.45) is 2.91. The van der Waals surface area contributed by atoms with Crippen LogP contribution >= 0.6 is 0 Å². The number of amides is 2. The van der Waals surface area contributed by atoms with Gasteiger partial charge >= 0.3 is 0 Å². The van der Waals surface area contributed by atoms with Gasteiger partial charge in [0.2, 0.25) is 11.8 Å². The van der Waals surface area contributed by atoms with Crippen LogP contribution in [-0.2, 0) is 9.59 Å². The van der Waals surface area contributed by atoms with Crippen molar-refractivity contribution in [1.82, 2.24) is 0 Å². The van der Waals surface area contributed by atoms with E-state index in [-0.39, 0.29) is 11.4 Å². The van der Waals surface area contributed by atoms with Gasteiger partial charge in [-0.25, -0.2) is 8.78 Å². The lowest BCUT2D eigenvalue weighted by Gasteiger charge is -2.09. The highest BCUT2D eigenvalue weighted by Gasteiger charge is 2.12. The minimum atomic E-state index is -0.930. The van der Waals surface area contributed by atoms with Crippen molar-refractivity contribution >= 4 is 29.3 Å². The van der Waals surface area contributed by atoms with Crippen LogP contribution < -0.4 is 10.6 Å². The Kier molecular flexibility index (Phi) is 5.87. The summed E-state index contributed by atoms with van der Waals surface area (Å²) in [6, 6.07) is 5.63. The van der Waals surface area contributed by atoms with Crippen LogP contribution in [0.2, 0.25) is 0 Å². The molecule has 2 aromatic carbocycles. The Morgan fingerprint density at radius 2 is 1.42 bits per heavy atom. The summed E-state index contributed by atoms with van der Waals surface area (Å²) in [5, 5.41) is 4.59. The zero-order valence-electron chi connectivity index (χ0n) is 15.0. The number of hydrogen-bond donors (Lipinski definition) is 2. The maximum Gasteiger partial charge on any atom is 0.248 e. The summed E-state index contributed by atoms with van der Waals surface area (Å²) in [5.41, 5.74) is 3.72. The number of carbonyl (C=O) groups excluding carboxylic acids is 2. The van der Waals surface area contributed by atoms with E-state index in [0.29, 0.717) is 6.07 Å². The molecular weight excluding hydrogens is 338 g/mol. The third-order valence-corrected chi connectivity index (χ3v) is 3.92. The highest BCUT2D eigenvalue weighted by atomic mass is 19.1. The van der Waals surface area contributed by atoms with Gasteiger partial charge < -0.3 is 10.6 Å². The van der Waals surface area contributed by atoms with Crippen molar-refractivity contribution in [1.29, 1.82) is 0 Å². The second-order valence-corrected chi connectivity index (χ2v) is 6.11. The number of nitrogens with one attached hydrogen (secondary N) is 2. The first-order valence-electron chi connectivity index (χ1n) is 8.01. The fourth-order valence-electron chi connectivity index (χ4n) is 2.43. The van der Waals surface area contributed by atoms with E-state index in [9.17, 15) is 18.4 Å². The molecule has 0 aliphatic carbocycles. The first-order chi connectivity index (χ1) is 12.2. The minimum absolute atomic E-state index is 0.205. The first-order valence-corrected chi connectivity index (χ1v) is 8.01. The molecule has 2 rings (SSSR count). The average Bonchev–Trinajstić information content (AvgIpc) is 2.53. The van der Waals surface area contributed by atoms with Gasteiger partial charge in [0.15, 0.2) is 0 Å². The van der Waals surface area contributed by atoms with E-state index in [1.54, 1.807) is 6.08 Å². The van der Waals surface area contributed by atoms with E-state index in [1.807, 2.05) is 32.9 Å². The second-order valence-electron chi connectivity index (χ2n) is 6.11. The van der Waals surface area contributed by atoms with Crippen LogP contribution in [0.5, 0.6) is 0 Å². The van der Waals surface area contributed by atoms with Gasteiger partial charge in [-0.15, -0.1) is 0 Å². The van der Waals surface area contributed by atoms with Gasteiger partial charge in [0.05, 0.1) is 11.4 Å².